The van der Waals surface area contributed by atoms with Crippen molar-refractivity contribution >= 4 is 23.5 Å². The Kier molecular flexibility index (Phi) is 4.83. The summed E-state index contributed by atoms with van der Waals surface area (Å²) < 4.78 is 10.9. The lowest BCUT2D eigenvalue weighted by Gasteiger charge is -2.34. The molecule has 0 aliphatic carbocycles. The Morgan fingerprint density at radius 3 is 2.83 bits per heavy atom. The zero-order valence-electron chi connectivity index (χ0n) is 14.3. The molecule has 1 aromatic heterocycles. The summed E-state index contributed by atoms with van der Waals surface area (Å²) in [5, 5.41) is 11.9. The van der Waals surface area contributed by atoms with Crippen molar-refractivity contribution in [3.05, 3.63) is 16.3 Å². The minimum absolute atomic E-state index is 0.103. The summed E-state index contributed by atoms with van der Waals surface area (Å²) in [4.78, 5) is 14.0. The maximum absolute atomic E-state index is 12.3. The number of hydrogen-bond donors (Lipinski definition) is 1. The molecule has 0 spiro atoms. The maximum atomic E-state index is 12.3. The number of carbonyl (C=O) groups is 1. The van der Waals surface area contributed by atoms with Crippen LogP contribution in [0.1, 0.15) is 44.7 Å². The molecule has 1 saturated heterocycles. The van der Waals surface area contributed by atoms with Crippen molar-refractivity contribution in [1.82, 2.24) is 15.1 Å². The second-order valence-corrected chi connectivity index (χ2v) is 7.56. The van der Waals surface area contributed by atoms with E-state index in [9.17, 15) is 4.79 Å². The van der Waals surface area contributed by atoms with E-state index >= 15 is 0 Å². The van der Waals surface area contributed by atoms with E-state index in [1.165, 1.54) is 0 Å². The van der Waals surface area contributed by atoms with Crippen molar-refractivity contribution in [2.24, 2.45) is 0 Å². The Labute approximate surface area is 146 Å². The van der Waals surface area contributed by atoms with Crippen molar-refractivity contribution in [1.29, 1.82) is 0 Å². The van der Waals surface area contributed by atoms with Crippen LogP contribution >= 0.6 is 11.6 Å². The molecule has 0 radical (unpaired) electrons. The van der Waals surface area contributed by atoms with Gasteiger partial charge >= 0.3 is 6.09 Å². The molecular formula is C16H23ClN4O3. The standard InChI is InChI=1S/C16H23ClN4O3/c1-16(2,3)24-15(22)21-6-4-5-10(7-21)18-14-12-9-23-8-11(12)13(17)19-20-14/h10H,4-9H2,1-3H3,(H,18,20)/t10-/m1/s1. The van der Waals surface area contributed by atoms with Crippen LogP contribution in [0.4, 0.5) is 10.6 Å². The Hall–Kier alpha value is -1.60. The number of hydrogen-bond acceptors (Lipinski definition) is 6. The third-order valence-corrected chi connectivity index (χ3v) is 4.35. The first-order chi connectivity index (χ1) is 11.3. The zero-order chi connectivity index (χ0) is 17.3. The molecule has 24 heavy (non-hydrogen) atoms. The van der Waals surface area contributed by atoms with E-state index < -0.39 is 5.60 Å². The van der Waals surface area contributed by atoms with Gasteiger partial charge in [0.15, 0.2) is 11.0 Å². The van der Waals surface area contributed by atoms with E-state index in [2.05, 4.69) is 15.5 Å². The summed E-state index contributed by atoms with van der Waals surface area (Å²) >= 11 is 6.06. The molecule has 0 unspecified atom stereocenters. The van der Waals surface area contributed by atoms with Gasteiger partial charge in [0.25, 0.3) is 0 Å². The second-order valence-electron chi connectivity index (χ2n) is 7.20. The Morgan fingerprint density at radius 2 is 2.08 bits per heavy atom. The number of likely N-dealkylation sites (tertiary alicyclic amines) is 1. The van der Waals surface area contributed by atoms with Crippen LogP contribution in [-0.2, 0) is 22.7 Å². The minimum atomic E-state index is -0.489. The van der Waals surface area contributed by atoms with Gasteiger partial charge in [0.05, 0.1) is 13.2 Å². The summed E-state index contributed by atoms with van der Waals surface area (Å²) in [6.07, 6.45) is 1.60. The van der Waals surface area contributed by atoms with Crippen LogP contribution in [0.3, 0.4) is 0 Å². The van der Waals surface area contributed by atoms with Gasteiger partial charge in [-0.2, -0.15) is 0 Å². The second kappa shape index (κ2) is 6.72. The number of rotatable bonds is 2. The van der Waals surface area contributed by atoms with Crippen molar-refractivity contribution in [3.8, 4) is 0 Å². The van der Waals surface area contributed by atoms with Crippen molar-refractivity contribution < 1.29 is 14.3 Å². The fraction of sp³-hybridized carbons (Fsp3) is 0.688. The predicted molar refractivity (Wildman–Crippen MR) is 90.0 cm³/mol. The number of carbonyl (C=O) groups excluding carboxylic acids is 1. The lowest BCUT2D eigenvalue weighted by atomic mass is 10.1. The van der Waals surface area contributed by atoms with E-state index in [1.54, 1.807) is 4.90 Å². The molecule has 2 aliphatic rings. The zero-order valence-corrected chi connectivity index (χ0v) is 15.0. The highest BCUT2D eigenvalue weighted by atomic mass is 35.5. The molecule has 7 nitrogen and oxygen atoms in total. The number of anilines is 1. The van der Waals surface area contributed by atoms with Crippen LogP contribution in [0.25, 0.3) is 0 Å². The van der Waals surface area contributed by atoms with Crippen LogP contribution in [0.15, 0.2) is 0 Å². The first-order valence-electron chi connectivity index (χ1n) is 8.19. The first kappa shape index (κ1) is 17.2. The molecule has 1 aromatic rings. The molecular weight excluding hydrogens is 332 g/mol. The van der Waals surface area contributed by atoms with E-state index in [1.807, 2.05) is 20.8 Å². The number of fused-ring (bicyclic) bond motifs is 1. The number of halogens is 1. The van der Waals surface area contributed by atoms with Gasteiger partial charge in [0.2, 0.25) is 0 Å². The molecule has 2 aliphatic heterocycles. The number of ether oxygens (including phenoxy) is 2. The van der Waals surface area contributed by atoms with Crippen molar-refractivity contribution in [3.63, 3.8) is 0 Å². The van der Waals surface area contributed by atoms with E-state index in [-0.39, 0.29) is 12.1 Å². The summed E-state index contributed by atoms with van der Waals surface area (Å²) in [5.41, 5.74) is 1.37. The van der Waals surface area contributed by atoms with Crippen LogP contribution in [0.5, 0.6) is 0 Å². The molecule has 3 rings (SSSR count). The van der Waals surface area contributed by atoms with Crippen LogP contribution in [-0.4, -0.2) is 45.9 Å². The highest BCUT2D eigenvalue weighted by Gasteiger charge is 2.29. The normalized spacial score (nSPS) is 20.7. The minimum Gasteiger partial charge on any atom is -0.444 e. The molecule has 1 N–H and O–H groups in total. The average Bonchev–Trinajstić information content (AvgIpc) is 2.99. The van der Waals surface area contributed by atoms with Crippen molar-refractivity contribution in [2.75, 3.05) is 18.4 Å². The van der Waals surface area contributed by atoms with Gasteiger partial charge in [0, 0.05) is 30.3 Å². The summed E-state index contributed by atoms with van der Waals surface area (Å²) in [6, 6.07) is 0.103. The summed E-state index contributed by atoms with van der Waals surface area (Å²) in [7, 11) is 0. The van der Waals surface area contributed by atoms with Crippen LogP contribution in [0, 0.1) is 0 Å². The van der Waals surface area contributed by atoms with Gasteiger partial charge < -0.3 is 19.7 Å². The first-order valence-corrected chi connectivity index (χ1v) is 8.57. The number of nitrogens with one attached hydrogen (secondary N) is 1. The largest absolute Gasteiger partial charge is 0.444 e. The summed E-state index contributed by atoms with van der Waals surface area (Å²) in [5.74, 6) is 0.697. The van der Waals surface area contributed by atoms with E-state index in [4.69, 9.17) is 21.1 Å². The Bertz CT molecular complexity index is 632. The highest BCUT2D eigenvalue weighted by molar-refractivity contribution is 6.30. The third-order valence-electron chi connectivity index (χ3n) is 4.04. The molecule has 132 valence electrons. The highest BCUT2D eigenvalue weighted by Crippen LogP contribution is 2.30. The van der Waals surface area contributed by atoms with E-state index in [0.717, 1.165) is 24.0 Å². The van der Waals surface area contributed by atoms with Gasteiger partial charge in [-0.25, -0.2) is 4.79 Å². The van der Waals surface area contributed by atoms with Gasteiger partial charge in [-0.3, -0.25) is 0 Å². The van der Waals surface area contributed by atoms with Gasteiger partial charge in [0.1, 0.15) is 5.60 Å². The van der Waals surface area contributed by atoms with Gasteiger partial charge in [-0.1, -0.05) is 11.6 Å². The number of nitrogens with zero attached hydrogens (tertiary/aromatic N) is 3. The maximum Gasteiger partial charge on any atom is 0.410 e. The van der Waals surface area contributed by atoms with E-state index in [0.29, 0.717) is 37.3 Å². The molecule has 0 aromatic carbocycles. The Morgan fingerprint density at radius 1 is 1.33 bits per heavy atom. The Balaban J connectivity index is 1.66. The smallest absolute Gasteiger partial charge is 0.410 e. The van der Waals surface area contributed by atoms with Crippen LogP contribution < -0.4 is 5.32 Å². The quantitative estimate of drug-likeness (QED) is 0.879. The molecule has 0 saturated carbocycles. The molecule has 1 atom stereocenters. The fourth-order valence-electron chi connectivity index (χ4n) is 2.94. The molecule has 8 heteroatoms. The molecule has 1 amide bonds. The number of amides is 1. The van der Waals surface area contributed by atoms with Crippen molar-refractivity contribution in [2.45, 2.75) is 58.5 Å². The number of piperidine rings is 1. The lowest BCUT2D eigenvalue weighted by Crippen LogP contribution is -2.47. The fourth-order valence-corrected chi connectivity index (χ4v) is 3.14. The lowest BCUT2D eigenvalue weighted by molar-refractivity contribution is 0.0206. The SMILES string of the molecule is CC(C)(C)OC(=O)N1CCC[C@@H](Nc2nnc(Cl)c3c2COC3)C1. The summed E-state index contributed by atoms with van der Waals surface area (Å²) in [6.45, 7) is 7.85. The average molecular weight is 355 g/mol. The monoisotopic (exact) mass is 354 g/mol. The van der Waals surface area contributed by atoms with Crippen LogP contribution in [0.2, 0.25) is 5.15 Å². The van der Waals surface area contributed by atoms with Gasteiger partial charge in [-0.05, 0) is 33.6 Å². The number of aromatic nitrogens is 2. The predicted octanol–water partition coefficient (Wildman–Crippen LogP) is 2.97. The third kappa shape index (κ3) is 3.89. The topological polar surface area (TPSA) is 76.6 Å². The molecule has 0 bridgehead atoms. The van der Waals surface area contributed by atoms with Gasteiger partial charge in [-0.15, -0.1) is 10.2 Å². The molecule has 1 fully saturated rings. The molecule has 3 heterocycles.